The van der Waals surface area contributed by atoms with Gasteiger partial charge in [0, 0.05) is 17.6 Å². The number of carbonyl (C=O) groups is 1. The molecular formula is C35H49NO5Si. The molecule has 0 spiro atoms. The molecule has 0 aliphatic heterocycles. The first-order valence-corrected chi connectivity index (χ1v) is 17.7. The van der Waals surface area contributed by atoms with E-state index in [9.17, 15) is 15.0 Å². The number of ether oxygens (including phenoxy) is 1. The van der Waals surface area contributed by atoms with Crippen LogP contribution in [0.1, 0.15) is 81.4 Å². The highest BCUT2D eigenvalue weighted by Crippen LogP contribution is 2.40. The maximum Gasteiger partial charge on any atom is 0.310 e. The average molecular weight is 592 g/mol. The van der Waals surface area contributed by atoms with E-state index in [2.05, 4.69) is 53.0 Å². The van der Waals surface area contributed by atoms with Gasteiger partial charge < -0.3 is 24.7 Å². The van der Waals surface area contributed by atoms with E-state index in [0.717, 1.165) is 34.2 Å². The fraction of sp³-hybridized carbons (Fsp3) is 0.457. The molecule has 3 rings (SSSR count). The first kappa shape index (κ1) is 33.5. The van der Waals surface area contributed by atoms with Gasteiger partial charge in [-0.05, 0) is 79.7 Å². The molecule has 0 aliphatic rings. The van der Waals surface area contributed by atoms with Gasteiger partial charge in [0.05, 0.1) is 18.6 Å². The Bertz CT molecular complexity index is 1320. The Morgan fingerprint density at radius 3 is 2.19 bits per heavy atom. The molecule has 3 N–H and O–H groups in total. The molecule has 3 aromatic carbocycles. The molecule has 0 radical (unpaired) electrons. The van der Waals surface area contributed by atoms with E-state index in [-0.39, 0.29) is 23.3 Å². The molecule has 0 saturated carbocycles. The predicted octanol–water partition coefficient (Wildman–Crippen LogP) is 7.62. The van der Waals surface area contributed by atoms with Crippen LogP contribution in [0.3, 0.4) is 0 Å². The lowest BCUT2D eigenvalue weighted by atomic mass is 9.91. The Morgan fingerprint density at radius 1 is 0.905 bits per heavy atom. The largest absolute Gasteiger partial charge is 0.489 e. The second-order valence-corrected chi connectivity index (χ2v) is 18.2. The SMILES string of the molecule is CC(C(=O)O)c1cccc(CC(C)(C)NC[C@H](O[Si](C)(C)C(C)(C)C)c2ccc(OCc3ccccc3)c(CO)c2)c1. The summed E-state index contributed by atoms with van der Waals surface area (Å²) in [5.74, 6) is -0.711. The number of carboxylic acids is 1. The van der Waals surface area contributed by atoms with Gasteiger partial charge in [-0.2, -0.15) is 0 Å². The lowest BCUT2D eigenvalue weighted by molar-refractivity contribution is -0.138. The Labute approximate surface area is 253 Å². The molecule has 0 aliphatic carbocycles. The van der Waals surface area contributed by atoms with Crippen LogP contribution in [0.2, 0.25) is 18.1 Å². The number of benzene rings is 3. The smallest absolute Gasteiger partial charge is 0.310 e. The molecule has 0 aromatic heterocycles. The zero-order valence-electron chi connectivity index (χ0n) is 26.5. The van der Waals surface area contributed by atoms with Gasteiger partial charge in [-0.25, -0.2) is 0 Å². The van der Waals surface area contributed by atoms with Crippen molar-refractivity contribution < 1.29 is 24.2 Å². The molecule has 6 nitrogen and oxygen atoms in total. The number of nitrogens with one attached hydrogen (secondary N) is 1. The quantitative estimate of drug-likeness (QED) is 0.167. The van der Waals surface area contributed by atoms with Crippen LogP contribution in [0.5, 0.6) is 5.75 Å². The lowest BCUT2D eigenvalue weighted by Gasteiger charge is -2.40. The molecule has 2 atom stereocenters. The van der Waals surface area contributed by atoms with Gasteiger partial charge in [-0.15, -0.1) is 0 Å². The van der Waals surface area contributed by atoms with E-state index < -0.39 is 20.2 Å². The van der Waals surface area contributed by atoms with Crippen LogP contribution >= 0.6 is 0 Å². The second kappa shape index (κ2) is 14.0. The summed E-state index contributed by atoms with van der Waals surface area (Å²) >= 11 is 0. The summed E-state index contributed by atoms with van der Waals surface area (Å²) in [6.45, 7) is 18.1. The van der Waals surface area contributed by atoms with Gasteiger partial charge in [0.2, 0.25) is 0 Å². The monoisotopic (exact) mass is 591 g/mol. The van der Waals surface area contributed by atoms with E-state index in [0.29, 0.717) is 18.9 Å². The minimum absolute atomic E-state index is 0.0284. The summed E-state index contributed by atoms with van der Waals surface area (Å²) in [6.07, 6.45) is 0.505. The van der Waals surface area contributed by atoms with Crippen LogP contribution < -0.4 is 10.1 Å². The first-order valence-electron chi connectivity index (χ1n) is 14.8. The van der Waals surface area contributed by atoms with Gasteiger partial charge in [-0.3, -0.25) is 4.79 Å². The summed E-state index contributed by atoms with van der Waals surface area (Å²) < 4.78 is 13.0. The molecule has 1 unspecified atom stereocenters. The lowest BCUT2D eigenvalue weighted by Crippen LogP contribution is -2.47. The number of rotatable bonds is 14. The van der Waals surface area contributed by atoms with Crippen molar-refractivity contribution in [2.24, 2.45) is 0 Å². The molecule has 0 saturated heterocycles. The standard InChI is InChI=1S/C35H49NO5Si/c1-25(33(38)39)28-16-12-15-27(19-28)21-35(5,6)36-22-32(41-42(7,8)34(2,3)4)29-17-18-31(30(20-29)23-37)40-24-26-13-10-9-11-14-26/h9-20,25,32,36-37H,21-24H2,1-8H3,(H,38,39)/t25?,32-/m0/s1. The normalized spacial score (nSPS) is 13.9. The van der Waals surface area contributed by atoms with Gasteiger partial charge in [0.25, 0.3) is 0 Å². The second-order valence-electron chi connectivity index (χ2n) is 13.4. The summed E-state index contributed by atoms with van der Waals surface area (Å²) in [7, 11) is -2.14. The van der Waals surface area contributed by atoms with Gasteiger partial charge in [0.15, 0.2) is 8.32 Å². The fourth-order valence-corrected chi connectivity index (χ4v) is 5.90. The van der Waals surface area contributed by atoms with E-state index in [1.54, 1.807) is 6.92 Å². The van der Waals surface area contributed by atoms with E-state index in [4.69, 9.17) is 9.16 Å². The summed E-state index contributed by atoms with van der Waals surface area (Å²) in [5.41, 5.74) is 4.41. The van der Waals surface area contributed by atoms with Crippen molar-refractivity contribution in [3.05, 3.63) is 101 Å². The van der Waals surface area contributed by atoms with Gasteiger partial charge >= 0.3 is 5.97 Å². The molecule has 3 aromatic rings. The number of aliphatic hydroxyl groups excluding tert-OH is 1. The number of hydrogen-bond acceptors (Lipinski definition) is 5. The number of aliphatic hydroxyl groups is 1. The highest BCUT2D eigenvalue weighted by Gasteiger charge is 2.40. The molecule has 228 valence electrons. The van der Waals surface area contributed by atoms with Crippen molar-refractivity contribution in [3.63, 3.8) is 0 Å². The minimum atomic E-state index is -2.14. The number of aliphatic carboxylic acids is 1. The van der Waals surface area contributed by atoms with Crippen molar-refractivity contribution >= 4 is 14.3 Å². The van der Waals surface area contributed by atoms with Crippen molar-refractivity contribution in [1.29, 1.82) is 0 Å². The average Bonchev–Trinajstić information content (AvgIpc) is 2.93. The van der Waals surface area contributed by atoms with Crippen molar-refractivity contribution in [2.45, 2.75) is 96.9 Å². The third-order valence-corrected chi connectivity index (χ3v) is 12.8. The zero-order valence-corrected chi connectivity index (χ0v) is 27.5. The Kier molecular flexibility index (Phi) is 11.2. The fourth-order valence-electron chi connectivity index (χ4n) is 4.62. The summed E-state index contributed by atoms with van der Waals surface area (Å²) in [6, 6.07) is 23.8. The van der Waals surface area contributed by atoms with E-state index in [1.165, 1.54) is 0 Å². The number of hydrogen-bond donors (Lipinski definition) is 3. The molecule has 0 bridgehead atoms. The third kappa shape index (κ3) is 9.26. The summed E-state index contributed by atoms with van der Waals surface area (Å²) in [5, 5.41) is 23.5. The van der Waals surface area contributed by atoms with Crippen molar-refractivity contribution in [2.75, 3.05) is 6.54 Å². The molecule has 42 heavy (non-hydrogen) atoms. The van der Waals surface area contributed by atoms with Crippen LogP contribution in [0, 0.1) is 0 Å². The predicted molar refractivity (Wildman–Crippen MR) is 172 cm³/mol. The Balaban J connectivity index is 1.82. The van der Waals surface area contributed by atoms with Gasteiger partial charge in [-0.1, -0.05) is 81.4 Å². The maximum absolute atomic E-state index is 11.5. The highest BCUT2D eigenvalue weighted by molar-refractivity contribution is 6.74. The van der Waals surface area contributed by atoms with Crippen LogP contribution in [0.15, 0.2) is 72.8 Å². The molecule has 0 fully saturated rings. The minimum Gasteiger partial charge on any atom is -0.489 e. The first-order chi connectivity index (χ1) is 19.6. The van der Waals surface area contributed by atoms with Crippen LogP contribution in [-0.2, 0) is 28.9 Å². The molecule has 0 amide bonds. The third-order valence-electron chi connectivity index (χ3n) is 8.34. The van der Waals surface area contributed by atoms with E-state index >= 15 is 0 Å². The summed E-state index contributed by atoms with van der Waals surface area (Å²) in [4.78, 5) is 11.5. The Morgan fingerprint density at radius 2 is 1.57 bits per heavy atom. The van der Waals surface area contributed by atoms with Gasteiger partial charge in [0.1, 0.15) is 12.4 Å². The molecule has 7 heteroatoms. The van der Waals surface area contributed by atoms with Crippen LogP contribution in [-0.4, -0.2) is 36.6 Å². The van der Waals surface area contributed by atoms with Crippen molar-refractivity contribution in [3.8, 4) is 5.75 Å². The van der Waals surface area contributed by atoms with Crippen molar-refractivity contribution in [1.82, 2.24) is 5.32 Å². The number of carboxylic acid groups (broad SMARTS) is 1. The maximum atomic E-state index is 11.5. The topological polar surface area (TPSA) is 88.0 Å². The van der Waals surface area contributed by atoms with Crippen LogP contribution in [0.4, 0.5) is 0 Å². The highest BCUT2D eigenvalue weighted by atomic mass is 28.4. The molecular weight excluding hydrogens is 542 g/mol. The zero-order chi connectivity index (χ0) is 31.1. The Hall–Kier alpha value is -2.97. The molecule has 0 heterocycles. The van der Waals surface area contributed by atoms with E-state index in [1.807, 2.05) is 72.8 Å². The van der Waals surface area contributed by atoms with Crippen LogP contribution in [0.25, 0.3) is 0 Å².